The highest BCUT2D eigenvalue weighted by atomic mass is 35.5. The van der Waals surface area contributed by atoms with Gasteiger partial charge in [0.05, 0.1) is 15.7 Å². The summed E-state index contributed by atoms with van der Waals surface area (Å²) in [6.45, 7) is 0. The summed E-state index contributed by atoms with van der Waals surface area (Å²) in [4.78, 5) is 16.7. The summed E-state index contributed by atoms with van der Waals surface area (Å²) in [6, 6.07) is 19.0. The number of para-hydroxylation sites is 1. The summed E-state index contributed by atoms with van der Waals surface area (Å²) in [5, 5.41) is 9.70. The van der Waals surface area contributed by atoms with Gasteiger partial charge in [-0.2, -0.15) is 4.98 Å². The Morgan fingerprint density at radius 3 is 2.50 bits per heavy atom. The largest absolute Gasteiger partial charge is 0.339 e. The van der Waals surface area contributed by atoms with Gasteiger partial charge in [0, 0.05) is 18.4 Å². The average molecular weight is 412 g/mol. The number of rotatable bonds is 5. The molecule has 5 nitrogen and oxygen atoms in total. The third kappa shape index (κ3) is 3.86. The van der Waals surface area contributed by atoms with Crippen LogP contribution in [0.15, 0.2) is 65.2 Å². The number of nitrogens with one attached hydrogen (secondary N) is 1. The quantitative estimate of drug-likeness (QED) is 0.452. The highest BCUT2D eigenvalue weighted by Gasteiger charge is 2.14. The fraction of sp³-hybridized carbons (Fsp3) is 0.0952. The van der Waals surface area contributed by atoms with Crippen molar-refractivity contribution in [3.05, 3.63) is 76.6 Å². The number of carbonyl (C=O) groups excluding carboxylic acids is 1. The predicted molar refractivity (Wildman–Crippen MR) is 111 cm³/mol. The van der Waals surface area contributed by atoms with E-state index in [1.165, 1.54) is 0 Å². The smallest absolute Gasteiger partial charge is 0.227 e. The Balaban J connectivity index is 1.46. The third-order valence-corrected chi connectivity index (χ3v) is 4.92. The van der Waals surface area contributed by atoms with Gasteiger partial charge in [0.15, 0.2) is 0 Å². The summed E-state index contributed by atoms with van der Waals surface area (Å²) in [5.74, 6) is 0.657. The number of benzene rings is 3. The molecule has 0 atom stereocenters. The second kappa shape index (κ2) is 8.00. The lowest BCUT2D eigenvalue weighted by molar-refractivity contribution is -0.116. The van der Waals surface area contributed by atoms with Crippen LogP contribution in [-0.4, -0.2) is 16.0 Å². The molecule has 4 aromatic rings. The number of fused-ring (bicyclic) bond motifs is 1. The molecule has 0 saturated carbocycles. The molecule has 4 rings (SSSR count). The van der Waals surface area contributed by atoms with Crippen molar-refractivity contribution in [1.29, 1.82) is 0 Å². The zero-order chi connectivity index (χ0) is 19.5. The molecule has 0 spiro atoms. The molecule has 140 valence electrons. The van der Waals surface area contributed by atoms with E-state index in [0.717, 1.165) is 16.3 Å². The van der Waals surface area contributed by atoms with Crippen molar-refractivity contribution in [2.24, 2.45) is 0 Å². The second-order valence-corrected chi connectivity index (χ2v) is 7.00. The van der Waals surface area contributed by atoms with E-state index in [1.54, 1.807) is 18.2 Å². The standard InChI is InChI=1S/C21H15Cl2N3O2/c22-16-9-4-10-17(23)20(16)24-18(27)11-12-19-25-21(26-28-19)15-8-3-6-13-5-1-2-7-14(13)15/h1-10H,11-12H2,(H,24,27). The van der Waals surface area contributed by atoms with Crippen molar-refractivity contribution in [3.8, 4) is 11.4 Å². The molecule has 3 aromatic carbocycles. The maximum atomic E-state index is 12.2. The van der Waals surface area contributed by atoms with Gasteiger partial charge in [0.2, 0.25) is 17.6 Å². The number of anilines is 1. The first-order valence-electron chi connectivity index (χ1n) is 8.66. The van der Waals surface area contributed by atoms with Gasteiger partial charge >= 0.3 is 0 Å². The molecule has 0 saturated heterocycles. The fourth-order valence-electron chi connectivity index (χ4n) is 2.93. The normalized spacial score (nSPS) is 10.9. The van der Waals surface area contributed by atoms with Crippen LogP contribution >= 0.6 is 23.2 Å². The fourth-order valence-corrected chi connectivity index (χ4v) is 3.42. The predicted octanol–water partition coefficient (Wildman–Crippen LogP) is 5.77. The van der Waals surface area contributed by atoms with Crippen molar-refractivity contribution < 1.29 is 9.32 Å². The van der Waals surface area contributed by atoms with Crippen LogP contribution in [0.3, 0.4) is 0 Å². The lowest BCUT2D eigenvalue weighted by Gasteiger charge is -2.08. The SMILES string of the molecule is O=C(CCc1nc(-c2cccc3ccccc23)no1)Nc1c(Cl)cccc1Cl. The zero-order valence-corrected chi connectivity index (χ0v) is 16.2. The molecule has 0 bridgehead atoms. The molecule has 0 unspecified atom stereocenters. The van der Waals surface area contributed by atoms with Crippen LogP contribution in [0.5, 0.6) is 0 Å². The Bertz CT molecular complexity index is 1130. The van der Waals surface area contributed by atoms with Crippen molar-refractivity contribution in [1.82, 2.24) is 10.1 Å². The first kappa shape index (κ1) is 18.5. The van der Waals surface area contributed by atoms with Gasteiger partial charge in [-0.15, -0.1) is 0 Å². The molecule has 1 heterocycles. The van der Waals surface area contributed by atoms with E-state index in [4.69, 9.17) is 27.7 Å². The number of hydrogen-bond donors (Lipinski definition) is 1. The van der Waals surface area contributed by atoms with E-state index in [-0.39, 0.29) is 12.3 Å². The van der Waals surface area contributed by atoms with Crippen molar-refractivity contribution >= 4 is 45.6 Å². The second-order valence-electron chi connectivity index (χ2n) is 6.18. The van der Waals surface area contributed by atoms with Crippen LogP contribution < -0.4 is 5.32 Å². The van der Waals surface area contributed by atoms with E-state index in [0.29, 0.717) is 33.9 Å². The number of amides is 1. The van der Waals surface area contributed by atoms with Gasteiger partial charge in [0.1, 0.15) is 0 Å². The van der Waals surface area contributed by atoms with E-state index >= 15 is 0 Å². The monoisotopic (exact) mass is 411 g/mol. The van der Waals surface area contributed by atoms with Gasteiger partial charge in [0.25, 0.3) is 0 Å². The molecule has 0 aliphatic heterocycles. The van der Waals surface area contributed by atoms with E-state index in [2.05, 4.69) is 15.5 Å². The van der Waals surface area contributed by atoms with E-state index < -0.39 is 0 Å². The minimum atomic E-state index is -0.236. The highest BCUT2D eigenvalue weighted by molar-refractivity contribution is 6.39. The number of aromatic nitrogens is 2. The number of aryl methyl sites for hydroxylation is 1. The van der Waals surface area contributed by atoms with E-state index in [9.17, 15) is 4.79 Å². The minimum Gasteiger partial charge on any atom is -0.339 e. The van der Waals surface area contributed by atoms with Crippen LogP contribution in [-0.2, 0) is 11.2 Å². The molecule has 0 aliphatic rings. The van der Waals surface area contributed by atoms with Gasteiger partial charge in [-0.05, 0) is 22.9 Å². The molecule has 0 radical (unpaired) electrons. The summed E-state index contributed by atoms with van der Waals surface area (Å²) < 4.78 is 5.32. The van der Waals surface area contributed by atoms with Gasteiger partial charge in [-0.1, -0.05) is 76.9 Å². The molecule has 1 N–H and O–H groups in total. The Labute approximate surface area is 171 Å². The Morgan fingerprint density at radius 2 is 1.68 bits per heavy atom. The summed E-state index contributed by atoms with van der Waals surface area (Å²) in [5.41, 5.74) is 1.29. The van der Waals surface area contributed by atoms with E-state index in [1.807, 2.05) is 42.5 Å². The summed E-state index contributed by atoms with van der Waals surface area (Å²) >= 11 is 12.1. The van der Waals surface area contributed by atoms with Crippen LogP contribution in [0.2, 0.25) is 10.0 Å². The summed E-state index contributed by atoms with van der Waals surface area (Å²) in [6.07, 6.45) is 0.477. The third-order valence-electron chi connectivity index (χ3n) is 4.29. The van der Waals surface area contributed by atoms with Crippen molar-refractivity contribution in [3.63, 3.8) is 0 Å². The molecule has 1 amide bonds. The Kier molecular flexibility index (Phi) is 5.28. The average Bonchev–Trinajstić information content (AvgIpc) is 3.18. The van der Waals surface area contributed by atoms with Gasteiger partial charge in [-0.25, -0.2) is 0 Å². The molecular weight excluding hydrogens is 397 g/mol. The van der Waals surface area contributed by atoms with Crippen molar-refractivity contribution in [2.75, 3.05) is 5.32 Å². The molecule has 1 aromatic heterocycles. The molecular formula is C21H15Cl2N3O2. The lowest BCUT2D eigenvalue weighted by atomic mass is 10.0. The van der Waals surface area contributed by atoms with Crippen molar-refractivity contribution in [2.45, 2.75) is 12.8 Å². The van der Waals surface area contributed by atoms with Gasteiger partial charge < -0.3 is 9.84 Å². The Morgan fingerprint density at radius 1 is 0.964 bits per heavy atom. The maximum absolute atomic E-state index is 12.2. The minimum absolute atomic E-state index is 0.165. The lowest BCUT2D eigenvalue weighted by Crippen LogP contribution is -2.13. The van der Waals surface area contributed by atoms with Crippen LogP contribution in [0.25, 0.3) is 22.2 Å². The zero-order valence-electron chi connectivity index (χ0n) is 14.7. The topological polar surface area (TPSA) is 68.0 Å². The highest BCUT2D eigenvalue weighted by Crippen LogP contribution is 2.30. The summed E-state index contributed by atoms with van der Waals surface area (Å²) in [7, 11) is 0. The first-order valence-corrected chi connectivity index (χ1v) is 9.42. The van der Waals surface area contributed by atoms with Crippen LogP contribution in [0.4, 0.5) is 5.69 Å². The van der Waals surface area contributed by atoms with Crippen LogP contribution in [0, 0.1) is 0 Å². The number of halogens is 2. The first-order chi connectivity index (χ1) is 13.6. The molecule has 28 heavy (non-hydrogen) atoms. The number of carbonyl (C=O) groups is 1. The molecule has 7 heteroatoms. The Hall–Kier alpha value is -2.89. The molecule has 0 aliphatic carbocycles. The number of nitrogens with zero attached hydrogens (tertiary/aromatic N) is 2. The molecule has 0 fully saturated rings. The maximum Gasteiger partial charge on any atom is 0.227 e. The number of hydrogen-bond acceptors (Lipinski definition) is 4. The van der Waals surface area contributed by atoms with Gasteiger partial charge in [-0.3, -0.25) is 4.79 Å². The van der Waals surface area contributed by atoms with Crippen LogP contribution in [0.1, 0.15) is 12.3 Å².